The van der Waals surface area contributed by atoms with Crippen LogP contribution in [0.15, 0.2) is 23.3 Å². The zero-order valence-corrected chi connectivity index (χ0v) is 18.5. The molecule has 1 aromatic carbocycles. The highest BCUT2D eigenvalue weighted by atomic mass is 127. The Morgan fingerprint density at radius 2 is 2.08 bits per heavy atom. The fraction of sp³-hybridized carbons (Fsp3) is 0.474. The number of halogens is 1. The Morgan fingerprint density at radius 3 is 2.81 bits per heavy atom. The van der Waals surface area contributed by atoms with E-state index in [9.17, 15) is 5.11 Å². The molecular formula is C19H27IN4OS. The minimum atomic E-state index is 0. The number of guanidine groups is 1. The molecule has 1 aromatic heterocycles. The third-order valence-electron chi connectivity index (χ3n) is 4.58. The number of phenolic OH excluding ortho intramolecular Hbond substituents is 1. The van der Waals surface area contributed by atoms with Crippen LogP contribution in [-0.4, -0.2) is 29.6 Å². The van der Waals surface area contributed by atoms with E-state index in [0.29, 0.717) is 12.3 Å². The van der Waals surface area contributed by atoms with Crippen molar-refractivity contribution in [2.24, 2.45) is 4.99 Å². The van der Waals surface area contributed by atoms with Gasteiger partial charge in [0.15, 0.2) is 5.96 Å². The van der Waals surface area contributed by atoms with Crippen LogP contribution in [0.2, 0.25) is 0 Å². The van der Waals surface area contributed by atoms with E-state index in [1.54, 1.807) is 18.4 Å². The van der Waals surface area contributed by atoms with Gasteiger partial charge in [0, 0.05) is 43.2 Å². The predicted molar refractivity (Wildman–Crippen MR) is 119 cm³/mol. The van der Waals surface area contributed by atoms with E-state index in [1.807, 2.05) is 12.3 Å². The summed E-state index contributed by atoms with van der Waals surface area (Å²) in [5, 5.41) is 18.1. The van der Waals surface area contributed by atoms with E-state index in [2.05, 4.69) is 33.6 Å². The summed E-state index contributed by atoms with van der Waals surface area (Å²) in [6.07, 6.45) is 7.40. The Labute approximate surface area is 176 Å². The van der Waals surface area contributed by atoms with E-state index in [4.69, 9.17) is 0 Å². The maximum atomic E-state index is 10.3. The molecule has 0 aliphatic heterocycles. The number of phenols is 1. The number of aromatic nitrogens is 1. The third-order valence-corrected chi connectivity index (χ3v) is 5.56. The van der Waals surface area contributed by atoms with Crippen LogP contribution in [0.3, 0.4) is 0 Å². The van der Waals surface area contributed by atoms with Crippen molar-refractivity contribution in [2.75, 3.05) is 13.6 Å². The number of hydrogen-bond acceptors (Lipinski definition) is 4. The van der Waals surface area contributed by atoms with Crippen LogP contribution in [-0.2, 0) is 25.8 Å². The molecule has 26 heavy (non-hydrogen) atoms. The average Bonchev–Trinajstić information content (AvgIpc) is 3.04. The van der Waals surface area contributed by atoms with Crippen molar-refractivity contribution in [3.05, 3.63) is 44.9 Å². The minimum Gasteiger partial charge on any atom is -0.508 e. The molecule has 5 nitrogen and oxygen atoms in total. The molecule has 0 bridgehead atoms. The number of nitrogens with zero attached hydrogens (tertiary/aromatic N) is 2. The molecule has 0 atom stereocenters. The van der Waals surface area contributed by atoms with E-state index < -0.39 is 0 Å². The molecule has 0 amide bonds. The van der Waals surface area contributed by atoms with Crippen molar-refractivity contribution in [1.29, 1.82) is 0 Å². The molecular weight excluding hydrogens is 459 g/mol. The number of fused-ring (bicyclic) bond motifs is 1. The first-order valence-electron chi connectivity index (χ1n) is 8.86. The summed E-state index contributed by atoms with van der Waals surface area (Å²) in [4.78, 5) is 9.89. The van der Waals surface area contributed by atoms with Crippen molar-refractivity contribution in [3.63, 3.8) is 0 Å². The van der Waals surface area contributed by atoms with Gasteiger partial charge >= 0.3 is 0 Å². The Kier molecular flexibility index (Phi) is 8.15. The number of hydrogen-bond donors (Lipinski definition) is 3. The molecule has 1 heterocycles. The fourth-order valence-corrected chi connectivity index (χ4v) is 4.07. The van der Waals surface area contributed by atoms with Gasteiger partial charge < -0.3 is 15.7 Å². The molecule has 0 spiro atoms. The van der Waals surface area contributed by atoms with Gasteiger partial charge in [-0.3, -0.25) is 4.99 Å². The average molecular weight is 486 g/mol. The lowest BCUT2D eigenvalue weighted by Gasteiger charge is -2.21. The van der Waals surface area contributed by atoms with Gasteiger partial charge in [-0.2, -0.15) is 0 Å². The maximum Gasteiger partial charge on any atom is 0.191 e. The molecule has 2 aromatic rings. The van der Waals surface area contributed by atoms with E-state index in [-0.39, 0.29) is 24.0 Å². The summed E-state index contributed by atoms with van der Waals surface area (Å²) in [5.41, 5.74) is 3.70. The quantitative estimate of drug-likeness (QED) is 0.344. The Bertz CT molecular complexity index is 760. The lowest BCUT2D eigenvalue weighted by Crippen LogP contribution is -2.38. The summed E-state index contributed by atoms with van der Waals surface area (Å²) in [6, 6.07) is 3.89. The van der Waals surface area contributed by atoms with Gasteiger partial charge in [-0.25, -0.2) is 4.98 Å². The summed E-state index contributed by atoms with van der Waals surface area (Å²) in [7, 11) is 1.77. The van der Waals surface area contributed by atoms with Crippen LogP contribution < -0.4 is 10.6 Å². The molecule has 0 saturated carbocycles. The van der Waals surface area contributed by atoms with Crippen LogP contribution in [0.25, 0.3) is 0 Å². The standard InChI is InChI=1S/C19H26N4OS.HI/c1-13-11-22-18(25-13)9-10-21-19(20-2)23-12-16-15-6-4-3-5-14(15)7-8-17(16)24;/h7-8,11,24H,3-6,9-10,12H2,1-2H3,(H2,20,21,23);1H. The second-order valence-corrected chi connectivity index (χ2v) is 7.69. The van der Waals surface area contributed by atoms with Crippen molar-refractivity contribution in [3.8, 4) is 5.75 Å². The highest BCUT2D eigenvalue weighted by Gasteiger charge is 2.16. The molecule has 0 radical (unpaired) electrons. The number of nitrogens with one attached hydrogen (secondary N) is 2. The SMILES string of the molecule is CN=C(NCCc1ncc(C)s1)NCc1c(O)ccc2c1CCCC2.I. The zero-order valence-electron chi connectivity index (χ0n) is 15.3. The van der Waals surface area contributed by atoms with Crippen LogP contribution in [0, 0.1) is 6.92 Å². The first-order valence-corrected chi connectivity index (χ1v) is 9.67. The van der Waals surface area contributed by atoms with Crippen molar-refractivity contribution in [1.82, 2.24) is 15.6 Å². The summed E-state index contributed by atoms with van der Waals surface area (Å²) < 4.78 is 0. The van der Waals surface area contributed by atoms with Gasteiger partial charge in [0.05, 0.1) is 5.01 Å². The highest BCUT2D eigenvalue weighted by Crippen LogP contribution is 2.30. The molecule has 0 saturated heterocycles. The number of aromatic hydroxyl groups is 1. The van der Waals surface area contributed by atoms with Crippen molar-refractivity contribution >= 4 is 41.3 Å². The van der Waals surface area contributed by atoms with Crippen molar-refractivity contribution in [2.45, 2.75) is 45.6 Å². The Hall–Kier alpha value is -1.35. The molecule has 1 aliphatic rings. The number of benzene rings is 1. The van der Waals surface area contributed by atoms with Gasteiger partial charge in [-0.05, 0) is 49.8 Å². The van der Waals surface area contributed by atoms with E-state index in [1.165, 1.54) is 28.8 Å². The number of aryl methyl sites for hydroxylation is 2. The van der Waals surface area contributed by atoms with Gasteiger partial charge in [0.1, 0.15) is 5.75 Å². The zero-order chi connectivity index (χ0) is 17.6. The van der Waals surface area contributed by atoms with Crippen molar-refractivity contribution < 1.29 is 5.11 Å². The Balaban J connectivity index is 0.00000243. The Morgan fingerprint density at radius 1 is 1.27 bits per heavy atom. The number of aliphatic imine (C=N–C) groups is 1. The second kappa shape index (κ2) is 10.1. The summed E-state index contributed by atoms with van der Waals surface area (Å²) in [5.74, 6) is 1.13. The second-order valence-electron chi connectivity index (χ2n) is 6.38. The number of thiazole rings is 1. The monoisotopic (exact) mass is 486 g/mol. The highest BCUT2D eigenvalue weighted by molar-refractivity contribution is 14.0. The lowest BCUT2D eigenvalue weighted by molar-refractivity contribution is 0.464. The number of rotatable bonds is 5. The maximum absolute atomic E-state index is 10.3. The first kappa shape index (κ1) is 21.0. The third kappa shape index (κ3) is 5.33. The smallest absolute Gasteiger partial charge is 0.191 e. The molecule has 142 valence electrons. The minimum absolute atomic E-state index is 0. The molecule has 7 heteroatoms. The van der Waals surface area contributed by atoms with Crippen LogP contribution in [0.1, 0.15) is 39.4 Å². The molecule has 1 aliphatic carbocycles. The predicted octanol–water partition coefficient (Wildman–Crippen LogP) is 3.56. The summed E-state index contributed by atoms with van der Waals surface area (Å²) >= 11 is 1.73. The van der Waals surface area contributed by atoms with Crippen LogP contribution in [0.5, 0.6) is 5.75 Å². The van der Waals surface area contributed by atoms with E-state index >= 15 is 0 Å². The largest absolute Gasteiger partial charge is 0.508 e. The van der Waals surface area contributed by atoms with Crippen LogP contribution >= 0.6 is 35.3 Å². The van der Waals surface area contributed by atoms with Gasteiger partial charge in [-0.1, -0.05) is 6.07 Å². The van der Waals surface area contributed by atoms with Crippen LogP contribution in [0.4, 0.5) is 0 Å². The normalized spacial score (nSPS) is 13.7. The molecule has 3 rings (SSSR count). The topological polar surface area (TPSA) is 69.5 Å². The molecule has 0 fully saturated rings. The molecule has 3 N–H and O–H groups in total. The van der Waals surface area contributed by atoms with E-state index in [0.717, 1.165) is 42.3 Å². The molecule has 0 unspecified atom stereocenters. The van der Waals surface area contributed by atoms with Gasteiger partial charge in [0.2, 0.25) is 0 Å². The van der Waals surface area contributed by atoms with Gasteiger partial charge in [0.25, 0.3) is 0 Å². The first-order chi connectivity index (χ1) is 12.2. The fourth-order valence-electron chi connectivity index (χ4n) is 3.29. The van der Waals surface area contributed by atoms with Gasteiger partial charge in [-0.15, -0.1) is 35.3 Å². The summed E-state index contributed by atoms with van der Waals surface area (Å²) in [6.45, 7) is 3.44. The lowest BCUT2D eigenvalue weighted by atomic mass is 9.88.